The molecular weight excluding hydrogens is 195 g/mol. The van der Waals surface area contributed by atoms with Gasteiger partial charge in [0.05, 0.1) is 0 Å². The summed E-state index contributed by atoms with van der Waals surface area (Å²) in [6.07, 6.45) is 2.08. The van der Waals surface area contributed by atoms with Crippen molar-refractivity contribution in [3.63, 3.8) is 0 Å². The van der Waals surface area contributed by atoms with Gasteiger partial charge in [0, 0.05) is 21.4 Å². The van der Waals surface area contributed by atoms with E-state index in [2.05, 4.69) is 41.3 Å². The predicted octanol–water partition coefficient (Wildman–Crippen LogP) is 2.68. The number of halogens is 2. The van der Waals surface area contributed by atoms with Gasteiger partial charge in [-0.05, 0) is 20.8 Å². The molecule has 0 spiro atoms. The summed E-state index contributed by atoms with van der Waals surface area (Å²) in [5, 5.41) is 0. The second-order valence-corrected chi connectivity index (χ2v) is 5.41. The van der Waals surface area contributed by atoms with Crippen LogP contribution in [0.25, 0.3) is 0 Å². The smallest absolute Gasteiger partial charge is 0.195 e. The molecule has 0 atom stereocenters. The zero-order valence-electron chi connectivity index (χ0n) is 6.06. The van der Waals surface area contributed by atoms with E-state index in [4.69, 9.17) is 8.42 Å². The Morgan fingerprint density at radius 3 is 1.40 bits per heavy atom. The van der Waals surface area contributed by atoms with Gasteiger partial charge in [-0.25, -0.2) is 0 Å². The normalized spacial score (nSPS) is 9.30. The third-order valence-electron chi connectivity index (χ3n) is 0.577. The van der Waals surface area contributed by atoms with Crippen LogP contribution in [0.4, 0.5) is 0 Å². The molecule has 0 rings (SSSR count). The van der Waals surface area contributed by atoms with Gasteiger partial charge in [0.15, 0.2) is 0 Å². The van der Waals surface area contributed by atoms with Crippen molar-refractivity contribution >= 4 is 29.6 Å². The number of hydrogen-bond donors (Lipinski definition) is 0. The van der Waals surface area contributed by atoms with Gasteiger partial charge in [-0.15, -0.1) is 0 Å². The summed E-state index contributed by atoms with van der Waals surface area (Å²) in [5.41, 5.74) is 1.38. The van der Waals surface area contributed by atoms with E-state index in [1.807, 2.05) is 6.92 Å². The third kappa shape index (κ3) is 84.8. The van der Waals surface area contributed by atoms with E-state index in [0.29, 0.717) is 0 Å². The molecule has 0 saturated heterocycles. The zero-order valence-corrected chi connectivity index (χ0v) is 8.39. The van der Waals surface area contributed by atoms with Crippen molar-refractivity contribution < 1.29 is 8.42 Å². The van der Waals surface area contributed by atoms with E-state index < -0.39 is 8.26 Å². The lowest BCUT2D eigenvalue weighted by atomic mass is 10.3. The molecule has 62 valence electrons. The molecule has 0 aliphatic heterocycles. The fourth-order valence-corrected chi connectivity index (χ4v) is 0. The lowest BCUT2D eigenvalue weighted by molar-refractivity contribution is 0.621. The lowest BCUT2D eigenvalue weighted by Gasteiger charge is -1.74. The Morgan fingerprint density at radius 1 is 1.30 bits per heavy atom. The van der Waals surface area contributed by atoms with E-state index in [0.717, 1.165) is 0 Å². The van der Waals surface area contributed by atoms with E-state index in [1.54, 1.807) is 0 Å². The van der Waals surface area contributed by atoms with Gasteiger partial charge in [0.1, 0.15) is 0 Å². The van der Waals surface area contributed by atoms with Crippen LogP contribution in [0.3, 0.4) is 0 Å². The van der Waals surface area contributed by atoms with Gasteiger partial charge in [0.25, 0.3) is 0 Å². The first-order chi connectivity index (χ1) is 4.27. The molecule has 0 heterocycles. The van der Waals surface area contributed by atoms with Gasteiger partial charge in [-0.2, -0.15) is 8.42 Å². The maximum absolute atomic E-state index is 9.16. The standard InChI is InChI=1S/C5H10.Cl2O2S/c1-4-5(2)3;1-5(2,3)4/h4H,1-3H3;. The van der Waals surface area contributed by atoms with Crippen LogP contribution in [-0.2, 0) is 8.26 Å². The first kappa shape index (κ1) is 12.9. The predicted molar refractivity (Wildman–Crippen MR) is 45.7 cm³/mol. The molecule has 0 bridgehead atoms. The lowest BCUT2D eigenvalue weighted by Crippen LogP contribution is -1.63. The minimum absolute atomic E-state index is 1.38. The van der Waals surface area contributed by atoms with Crippen LogP contribution in [0.1, 0.15) is 20.8 Å². The quantitative estimate of drug-likeness (QED) is 0.450. The average molecular weight is 205 g/mol. The molecule has 5 heteroatoms. The molecule has 0 radical (unpaired) electrons. The molecule has 0 aromatic heterocycles. The topological polar surface area (TPSA) is 34.1 Å². The molecular formula is C5H10Cl2O2S. The van der Waals surface area contributed by atoms with Crippen LogP contribution in [0.5, 0.6) is 0 Å². The first-order valence-electron chi connectivity index (χ1n) is 2.51. The molecule has 0 N–H and O–H groups in total. The fraction of sp³-hybridized carbons (Fsp3) is 0.600. The molecule has 0 amide bonds. The minimum Gasteiger partial charge on any atom is -0.195 e. The van der Waals surface area contributed by atoms with Gasteiger partial charge in [-0.3, -0.25) is 0 Å². The molecule has 0 aliphatic carbocycles. The fourth-order valence-electron chi connectivity index (χ4n) is 0. The molecule has 0 aliphatic rings. The van der Waals surface area contributed by atoms with E-state index in [9.17, 15) is 0 Å². The van der Waals surface area contributed by atoms with Crippen LogP contribution in [0.15, 0.2) is 11.6 Å². The Hall–Kier alpha value is 0.270. The summed E-state index contributed by atoms with van der Waals surface area (Å²) in [5.74, 6) is 0. The largest absolute Gasteiger partial charge is 0.317 e. The molecule has 0 fully saturated rings. The number of rotatable bonds is 0. The second-order valence-electron chi connectivity index (χ2n) is 1.74. The van der Waals surface area contributed by atoms with Crippen molar-refractivity contribution in [1.82, 2.24) is 0 Å². The monoisotopic (exact) mass is 204 g/mol. The van der Waals surface area contributed by atoms with Crippen molar-refractivity contribution in [3.8, 4) is 0 Å². The van der Waals surface area contributed by atoms with Crippen molar-refractivity contribution in [2.75, 3.05) is 0 Å². The number of allylic oxidation sites excluding steroid dienone is 2. The van der Waals surface area contributed by atoms with Gasteiger partial charge in [-0.1, -0.05) is 11.6 Å². The van der Waals surface area contributed by atoms with E-state index in [1.165, 1.54) is 5.57 Å². The summed E-state index contributed by atoms with van der Waals surface area (Å²) >= 11 is 0. The maximum atomic E-state index is 9.16. The van der Waals surface area contributed by atoms with Crippen LogP contribution in [0.2, 0.25) is 0 Å². The van der Waals surface area contributed by atoms with Crippen LogP contribution < -0.4 is 0 Å². The van der Waals surface area contributed by atoms with Crippen LogP contribution >= 0.6 is 21.4 Å². The molecule has 0 aromatic rings. The SMILES string of the molecule is CC=C(C)C.O=S(=O)(Cl)Cl. The van der Waals surface area contributed by atoms with Gasteiger partial charge >= 0.3 is 8.26 Å². The third-order valence-corrected chi connectivity index (χ3v) is 0.577. The van der Waals surface area contributed by atoms with Crippen molar-refractivity contribution in [2.24, 2.45) is 0 Å². The number of hydrogen-bond acceptors (Lipinski definition) is 2. The molecule has 0 aromatic carbocycles. The Bertz CT molecular complexity index is 182. The highest BCUT2D eigenvalue weighted by atomic mass is 36.0. The summed E-state index contributed by atoms with van der Waals surface area (Å²) in [7, 11) is 4.81. The van der Waals surface area contributed by atoms with E-state index >= 15 is 0 Å². The Labute approximate surface area is 70.8 Å². The molecule has 0 unspecified atom stereocenters. The van der Waals surface area contributed by atoms with Crippen LogP contribution in [0, 0.1) is 0 Å². The first-order valence-corrected chi connectivity index (χ1v) is 5.64. The zero-order chi connectivity index (χ0) is 8.78. The average Bonchev–Trinajstić information content (AvgIpc) is 1.61. The summed E-state index contributed by atoms with van der Waals surface area (Å²) in [6.45, 7) is 6.20. The summed E-state index contributed by atoms with van der Waals surface area (Å²) < 4.78 is 18.3. The molecule has 0 saturated carbocycles. The van der Waals surface area contributed by atoms with Crippen molar-refractivity contribution in [1.29, 1.82) is 0 Å². The molecule has 10 heavy (non-hydrogen) atoms. The minimum atomic E-state index is -3.72. The Morgan fingerprint density at radius 2 is 1.40 bits per heavy atom. The highest BCUT2D eigenvalue weighted by molar-refractivity contribution is 8.31. The summed E-state index contributed by atoms with van der Waals surface area (Å²) in [4.78, 5) is 0. The Balaban J connectivity index is 0. The van der Waals surface area contributed by atoms with Gasteiger partial charge in [0.2, 0.25) is 0 Å². The highest BCUT2D eigenvalue weighted by Crippen LogP contribution is 1.98. The molecule has 2 nitrogen and oxygen atoms in total. The van der Waals surface area contributed by atoms with E-state index in [-0.39, 0.29) is 0 Å². The van der Waals surface area contributed by atoms with Gasteiger partial charge < -0.3 is 0 Å². The second kappa shape index (κ2) is 6.01. The summed E-state index contributed by atoms with van der Waals surface area (Å²) in [6, 6.07) is 0. The highest BCUT2D eigenvalue weighted by Gasteiger charge is 1.88. The van der Waals surface area contributed by atoms with Crippen LogP contribution in [-0.4, -0.2) is 8.42 Å². The van der Waals surface area contributed by atoms with Crippen molar-refractivity contribution in [3.05, 3.63) is 11.6 Å². The Kier molecular flexibility index (Phi) is 7.76. The van der Waals surface area contributed by atoms with Crippen molar-refractivity contribution in [2.45, 2.75) is 20.8 Å². The maximum Gasteiger partial charge on any atom is 0.317 e.